The topological polar surface area (TPSA) is 47.5 Å². The lowest BCUT2D eigenvalue weighted by Gasteiger charge is -2.36. The second-order valence-electron chi connectivity index (χ2n) is 6.77. The maximum atomic E-state index is 6.24. The Morgan fingerprint density at radius 2 is 1.89 bits per heavy atom. The third-order valence-electron chi connectivity index (χ3n) is 4.58. The third-order valence-corrected chi connectivity index (χ3v) is 5.62. The van der Waals surface area contributed by atoms with Crippen LogP contribution in [0.2, 0.25) is 5.28 Å². The van der Waals surface area contributed by atoms with Gasteiger partial charge in [0.2, 0.25) is 5.28 Å². The Kier molecular flexibility index (Phi) is 5.21. The molecule has 2 atom stereocenters. The molecule has 1 fully saturated rings. The van der Waals surface area contributed by atoms with Gasteiger partial charge in [0.25, 0.3) is 0 Å². The van der Waals surface area contributed by atoms with Crippen molar-refractivity contribution in [3.8, 4) is 16.9 Å². The molecule has 7 heteroatoms. The summed E-state index contributed by atoms with van der Waals surface area (Å²) in [5.41, 5.74) is 2.24. The van der Waals surface area contributed by atoms with Gasteiger partial charge in [-0.15, -0.1) is 11.3 Å². The molecule has 0 N–H and O–H groups in total. The van der Waals surface area contributed by atoms with Gasteiger partial charge in [-0.3, -0.25) is 0 Å². The summed E-state index contributed by atoms with van der Waals surface area (Å²) in [6, 6.07) is 8.15. The van der Waals surface area contributed by atoms with Crippen molar-refractivity contribution < 1.29 is 9.47 Å². The molecule has 1 saturated heterocycles. The van der Waals surface area contributed by atoms with E-state index >= 15 is 0 Å². The fraction of sp³-hybridized carbons (Fsp3) is 0.400. The molecular weight excluding hydrogens is 382 g/mol. The van der Waals surface area contributed by atoms with Crippen molar-refractivity contribution in [1.29, 1.82) is 0 Å². The Hall–Kier alpha value is -1.89. The molecule has 2 unspecified atom stereocenters. The molecule has 4 rings (SSSR count). The summed E-state index contributed by atoms with van der Waals surface area (Å²) in [5, 5.41) is 3.46. The van der Waals surface area contributed by atoms with E-state index in [2.05, 4.69) is 46.2 Å². The minimum absolute atomic E-state index is 0.144. The number of ether oxygens (including phenoxy) is 2. The van der Waals surface area contributed by atoms with Crippen LogP contribution >= 0.6 is 22.9 Å². The summed E-state index contributed by atoms with van der Waals surface area (Å²) >= 11 is 7.83. The normalized spacial score (nSPS) is 20.2. The fourth-order valence-corrected chi connectivity index (χ4v) is 4.74. The van der Waals surface area contributed by atoms with E-state index in [9.17, 15) is 0 Å². The number of anilines is 1. The molecule has 3 aromatic rings. The molecule has 0 aliphatic carbocycles. The highest BCUT2D eigenvalue weighted by atomic mass is 35.5. The second kappa shape index (κ2) is 7.62. The first kappa shape index (κ1) is 18.5. The molecule has 27 heavy (non-hydrogen) atoms. The lowest BCUT2D eigenvalue weighted by Crippen LogP contribution is -2.46. The second-order valence-corrected chi connectivity index (χ2v) is 7.96. The number of hydrogen-bond donors (Lipinski definition) is 0. The van der Waals surface area contributed by atoms with Gasteiger partial charge in [-0.05, 0) is 50.1 Å². The van der Waals surface area contributed by atoms with Gasteiger partial charge in [-0.2, -0.15) is 4.98 Å². The number of fused-ring (bicyclic) bond motifs is 1. The van der Waals surface area contributed by atoms with Crippen molar-refractivity contribution in [2.45, 2.75) is 33.0 Å². The van der Waals surface area contributed by atoms with Gasteiger partial charge in [0.15, 0.2) is 0 Å². The standard InChI is InChI=1S/C20H22ClN3O2S/c1-4-25-15-7-5-14(6-8-15)16-11-27-19-17(16)18(22-20(21)23-19)24-9-12(2)26-13(3)10-24/h5-8,11-13H,4,9-10H2,1-3H3. The predicted octanol–water partition coefficient (Wildman–Crippen LogP) is 5.02. The van der Waals surface area contributed by atoms with E-state index in [1.54, 1.807) is 11.3 Å². The van der Waals surface area contributed by atoms with Crippen molar-refractivity contribution in [2.75, 3.05) is 24.6 Å². The number of aromatic nitrogens is 2. The number of benzene rings is 1. The third kappa shape index (κ3) is 3.74. The molecule has 1 aliphatic rings. The molecule has 5 nitrogen and oxygen atoms in total. The highest BCUT2D eigenvalue weighted by molar-refractivity contribution is 7.17. The lowest BCUT2D eigenvalue weighted by atomic mass is 10.1. The number of nitrogens with zero attached hydrogens (tertiary/aromatic N) is 3. The zero-order valence-corrected chi connectivity index (χ0v) is 17.2. The van der Waals surface area contributed by atoms with Crippen LogP contribution in [0.5, 0.6) is 5.75 Å². The fourth-order valence-electron chi connectivity index (χ4n) is 3.59. The van der Waals surface area contributed by atoms with E-state index < -0.39 is 0 Å². The molecule has 0 bridgehead atoms. The highest BCUT2D eigenvalue weighted by Gasteiger charge is 2.27. The smallest absolute Gasteiger partial charge is 0.225 e. The number of rotatable bonds is 4. The van der Waals surface area contributed by atoms with Crippen LogP contribution < -0.4 is 9.64 Å². The molecule has 1 aliphatic heterocycles. The molecule has 0 saturated carbocycles. The van der Waals surface area contributed by atoms with E-state index in [1.807, 2.05) is 19.1 Å². The summed E-state index contributed by atoms with van der Waals surface area (Å²) in [5.74, 6) is 1.76. The Morgan fingerprint density at radius 3 is 2.56 bits per heavy atom. The van der Waals surface area contributed by atoms with Crippen LogP contribution in [-0.4, -0.2) is 41.9 Å². The molecular formula is C20H22ClN3O2S. The molecule has 1 aromatic carbocycles. The lowest BCUT2D eigenvalue weighted by molar-refractivity contribution is -0.00537. The molecule has 2 aromatic heterocycles. The van der Waals surface area contributed by atoms with Gasteiger partial charge < -0.3 is 14.4 Å². The first-order chi connectivity index (χ1) is 13.0. The Morgan fingerprint density at radius 1 is 1.19 bits per heavy atom. The van der Waals surface area contributed by atoms with Crippen LogP contribution in [0.25, 0.3) is 21.3 Å². The summed E-state index contributed by atoms with van der Waals surface area (Å²) in [4.78, 5) is 12.2. The van der Waals surface area contributed by atoms with Gasteiger partial charge in [-0.1, -0.05) is 12.1 Å². The van der Waals surface area contributed by atoms with Crippen LogP contribution in [0, 0.1) is 0 Å². The Bertz CT molecular complexity index is 934. The maximum absolute atomic E-state index is 6.24. The largest absolute Gasteiger partial charge is 0.494 e. The average molecular weight is 404 g/mol. The van der Waals surface area contributed by atoms with Crippen LogP contribution in [0.15, 0.2) is 29.6 Å². The van der Waals surface area contributed by atoms with Crippen molar-refractivity contribution in [1.82, 2.24) is 9.97 Å². The SMILES string of the molecule is CCOc1ccc(-c2csc3nc(Cl)nc(N4CC(C)OC(C)C4)c23)cc1. The predicted molar refractivity (Wildman–Crippen MR) is 111 cm³/mol. The first-order valence-corrected chi connectivity index (χ1v) is 10.4. The van der Waals surface area contributed by atoms with Gasteiger partial charge in [0.05, 0.1) is 24.2 Å². The van der Waals surface area contributed by atoms with Gasteiger partial charge in [-0.25, -0.2) is 4.98 Å². The van der Waals surface area contributed by atoms with Crippen molar-refractivity contribution in [2.24, 2.45) is 0 Å². The number of halogens is 1. The summed E-state index contributed by atoms with van der Waals surface area (Å²) in [6.07, 6.45) is 0.287. The van der Waals surface area contributed by atoms with Gasteiger partial charge in [0.1, 0.15) is 16.4 Å². The van der Waals surface area contributed by atoms with Crippen molar-refractivity contribution >= 4 is 39.0 Å². The minimum Gasteiger partial charge on any atom is -0.494 e. The summed E-state index contributed by atoms with van der Waals surface area (Å²) in [6.45, 7) is 8.38. The maximum Gasteiger partial charge on any atom is 0.225 e. The van der Waals surface area contributed by atoms with E-state index in [1.165, 1.54) is 0 Å². The van der Waals surface area contributed by atoms with E-state index in [-0.39, 0.29) is 17.5 Å². The zero-order chi connectivity index (χ0) is 19.0. The van der Waals surface area contributed by atoms with E-state index in [0.29, 0.717) is 6.61 Å². The Labute approximate surface area is 167 Å². The van der Waals surface area contributed by atoms with Gasteiger partial charge >= 0.3 is 0 Å². The zero-order valence-electron chi connectivity index (χ0n) is 15.6. The van der Waals surface area contributed by atoms with Crippen LogP contribution in [-0.2, 0) is 4.74 Å². The minimum atomic E-state index is 0.144. The summed E-state index contributed by atoms with van der Waals surface area (Å²) < 4.78 is 11.4. The average Bonchev–Trinajstić information content (AvgIpc) is 3.05. The quantitative estimate of drug-likeness (QED) is 0.572. The van der Waals surface area contributed by atoms with Crippen LogP contribution in [0.4, 0.5) is 5.82 Å². The van der Waals surface area contributed by atoms with Crippen molar-refractivity contribution in [3.05, 3.63) is 34.9 Å². The Balaban J connectivity index is 1.81. The molecule has 3 heterocycles. The number of morpholine rings is 1. The first-order valence-electron chi connectivity index (χ1n) is 9.13. The number of thiophene rings is 1. The van der Waals surface area contributed by atoms with E-state index in [4.69, 9.17) is 21.1 Å². The van der Waals surface area contributed by atoms with Crippen LogP contribution in [0.1, 0.15) is 20.8 Å². The van der Waals surface area contributed by atoms with Crippen molar-refractivity contribution in [3.63, 3.8) is 0 Å². The highest BCUT2D eigenvalue weighted by Crippen LogP contribution is 2.40. The molecule has 0 amide bonds. The van der Waals surface area contributed by atoms with E-state index in [0.717, 1.165) is 46.0 Å². The van der Waals surface area contributed by atoms with Gasteiger partial charge in [0, 0.05) is 24.0 Å². The monoisotopic (exact) mass is 403 g/mol. The number of hydrogen-bond acceptors (Lipinski definition) is 6. The van der Waals surface area contributed by atoms with Crippen LogP contribution in [0.3, 0.4) is 0 Å². The molecule has 142 valence electrons. The summed E-state index contributed by atoms with van der Waals surface area (Å²) in [7, 11) is 0. The molecule has 0 spiro atoms. The molecule has 0 radical (unpaired) electrons.